The van der Waals surface area contributed by atoms with Crippen LogP contribution in [0.3, 0.4) is 0 Å². The second-order valence-electron chi connectivity index (χ2n) is 6.24. The summed E-state index contributed by atoms with van der Waals surface area (Å²) < 4.78 is 17.3. The van der Waals surface area contributed by atoms with Gasteiger partial charge >= 0.3 is 0 Å². The molecule has 1 heterocycles. The number of rotatable bonds is 6. The molecule has 0 radical (unpaired) electrons. The monoisotopic (exact) mass is 344 g/mol. The second kappa shape index (κ2) is 8.56. The van der Waals surface area contributed by atoms with Crippen LogP contribution in [0, 0.1) is 0 Å². The van der Waals surface area contributed by atoms with Crippen molar-refractivity contribution in [2.75, 3.05) is 0 Å². The summed E-state index contributed by atoms with van der Waals surface area (Å²) in [6.45, 7) is 2.52. The Morgan fingerprint density at radius 1 is 0.800 bits per heavy atom. The summed E-state index contributed by atoms with van der Waals surface area (Å²) in [5.41, 5.74) is 2.02. The largest absolute Gasteiger partial charge is 0.385 e. The Bertz CT molecular complexity index is 633. The summed E-state index contributed by atoms with van der Waals surface area (Å²) in [6, 6.07) is 19.5. The minimum atomic E-state index is -1.28. The second-order valence-corrected chi connectivity index (χ2v) is 6.24. The fourth-order valence-electron chi connectivity index (χ4n) is 2.96. The molecule has 0 spiro atoms. The number of aliphatic hydroxyl groups excluding tert-OH is 2. The average molecular weight is 344 g/mol. The highest BCUT2D eigenvalue weighted by Crippen LogP contribution is 2.26. The lowest BCUT2D eigenvalue weighted by Crippen LogP contribution is -2.58. The van der Waals surface area contributed by atoms with Gasteiger partial charge in [-0.2, -0.15) is 0 Å². The van der Waals surface area contributed by atoms with Crippen LogP contribution in [0.25, 0.3) is 0 Å². The third-order valence-corrected chi connectivity index (χ3v) is 4.34. The molecule has 0 unspecified atom stereocenters. The van der Waals surface area contributed by atoms with Crippen molar-refractivity contribution in [3.8, 4) is 0 Å². The van der Waals surface area contributed by atoms with Gasteiger partial charge in [-0.1, -0.05) is 60.7 Å². The van der Waals surface area contributed by atoms with Crippen molar-refractivity contribution in [1.29, 1.82) is 0 Å². The van der Waals surface area contributed by atoms with Crippen molar-refractivity contribution < 1.29 is 24.4 Å². The van der Waals surface area contributed by atoms with Crippen molar-refractivity contribution in [2.45, 2.75) is 50.8 Å². The van der Waals surface area contributed by atoms with Gasteiger partial charge in [-0.05, 0) is 18.1 Å². The maximum absolute atomic E-state index is 10.3. The molecule has 2 aromatic carbocycles. The smallest absolute Gasteiger partial charge is 0.183 e. The molecule has 1 aliphatic heterocycles. The molecule has 0 aliphatic carbocycles. The van der Waals surface area contributed by atoms with E-state index in [1.807, 2.05) is 67.6 Å². The Morgan fingerprint density at radius 2 is 1.28 bits per heavy atom. The quantitative estimate of drug-likeness (QED) is 0.841. The number of hydrogen-bond acceptors (Lipinski definition) is 5. The zero-order valence-electron chi connectivity index (χ0n) is 14.2. The first-order valence-electron chi connectivity index (χ1n) is 8.48. The van der Waals surface area contributed by atoms with E-state index in [0.717, 1.165) is 11.1 Å². The Morgan fingerprint density at radius 3 is 1.80 bits per heavy atom. The Balaban J connectivity index is 1.67. The number of hydrogen-bond donors (Lipinski definition) is 2. The zero-order valence-corrected chi connectivity index (χ0v) is 14.2. The van der Waals surface area contributed by atoms with Gasteiger partial charge in [-0.3, -0.25) is 0 Å². The molecule has 5 atom stereocenters. The number of aliphatic hydroxyl groups is 2. The van der Waals surface area contributed by atoms with Gasteiger partial charge in [0.25, 0.3) is 0 Å². The van der Waals surface area contributed by atoms with Crippen LogP contribution in [0.5, 0.6) is 0 Å². The Kier molecular flexibility index (Phi) is 6.18. The minimum absolute atomic E-state index is 0.327. The fourth-order valence-corrected chi connectivity index (χ4v) is 2.96. The highest BCUT2D eigenvalue weighted by atomic mass is 16.7. The summed E-state index contributed by atoms with van der Waals surface area (Å²) in [4.78, 5) is 0. The lowest BCUT2D eigenvalue weighted by atomic mass is 9.99. The average Bonchev–Trinajstić information content (AvgIpc) is 2.64. The van der Waals surface area contributed by atoms with Gasteiger partial charge in [0.05, 0.1) is 19.3 Å². The summed E-state index contributed by atoms with van der Waals surface area (Å²) in [5.74, 6) is 0. The first-order valence-corrected chi connectivity index (χ1v) is 8.48. The van der Waals surface area contributed by atoms with Gasteiger partial charge in [-0.15, -0.1) is 0 Å². The van der Waals surface area contributed by atoms with Crippen molar-refractivity contribution in [1.82, 2.24) is 0 Å². The maximum atomic E-state index is 10.3. The van der Waals surface area contributed by atoms with Crippen LogP contribution in [0.15, 0.2) is 60.7 Å². The molecular weight excluding hydrogens is 320 g/mol. The molecule has 25 heavy (non-hydrogen) atoms. The Labute approximate surface area is 147 Å². The molecule has 5 heteroatoms. The first kappa shape index (κ1) is 18.0. The summed E-state index contributed by atoms with van der Waals surface area (Å²) in [7, 11) is 0. The van der Waals surface area contributed by atoms with E-state index < -0.39 is 30.7 Å². The normalized spacial score (nSPS) is 29.5. The van der Waals surface area contributed by atoms with E-state index in [9.17, 15) is 10.2 Å². The van der Waals surface area contributed by atoms with Gasteiger partial charge in [0.1, 0.15) is 18.3 Å². The summed E-state index contributed by atoms with van der Waals surface area (Å²) >= 11 is 0. The topological polar surface area (TPSA) is 68.2 Å². The molecule has 5 nitrogen and oxygen atoms in total. The van der Waals surface area contributed by atoms with Crippen LogP contribution >= 0.6 is 0 Å². The summed E-state index contributed by atoms with van der Waals surface area (Å²) in [5, 5.41) is 20.2. The minimum Gasteiger partial charge on any atom is -0.385 e. The fraction of sp³-hybridized carbons (Fsp3) is 0.400. The summed E-state index contributed by atoms with van der Waals surface area (Å²) in [6.07, 6.45) is -4.01. The van der Waals surface area contributed by atoms with Crippen molar-refractivity contribution in [3.05, 3.63) is 71.8 Å². The van der Waals surface area contributed by atoms with E-state index in [4.69, 9.17) is 14.2 Å². The van der Waals surface area contributed by atoms with Gasteiger partial charge in [0, 0.05) is 0 Å². The molecule has 0 amide bonds. The third kappa shape index (κ3) is 4.66. The SMILES string of the molecule is C[C@H]1O[C@@H](O)[C@@H](O)[C@@H](OCc2ccccc2)[C@@H]1OCc1ccccc1. The molecule has 1 fully saturated rings. The van der Waals surface area contributed by atoms with E-state index in [0.29, 0.717) is 13.2 Å². The van der Waals surface area contributed by atoms with Gasteiger partial charge < -0.3 is 24.4 Å². The van der Waals surface area contributed by atoms with Crippen molar-refractivity contribution in [3.63, 3.8) is 0 Å². The van der Waals surface area contributed by atoms with Crippen LogP contribution in [-0.2, 0) is 27.4 Å². The van der Waals surface area contributed by atoms with Crippen LogP contribution < -0.4 is 0 Å². The molecule has 0 saturated carbocycles. The predicted molar refractivity (Wildman–Crippen MR) is 92.6 cm³/mol. The van der Waals surface area contributed by atoms with E-state index in [2.05, 4.69) is 0 Å². The van der Waals surface area contributed by atoms with Crippen molar-refractivity contribution >= 4 is 0 Å². The third-order valence-electron chi connectivity index (χ3n) is 4.34. The van der Waals surface area contributed by atoms with Gasteiger partial charge in [0.2, 0.25) is 0 Å². The van der Waals surface area contributed by atoms with Crippen LogP contribution in [0.1, 0.15) is 18.1 Å². The molecule has 1 aliphatic rings. The van der Waals surface area contributed by atoms with E-state index in [1.54, 1.807) is 0 Å². The first-order chi connectivity index (χ1) is 12.1. The van der Waals surface area contributed by atoms with Crippen LogP contribution in [0.4, 0.5) is 0 Å². The molecule has 1 saturated heterocycles. The van der Waals surface area contributed by atoms with Gasteiger partial charge in [-0.25, -0.2) is 0 Å². The standard InChI is InChI=1S/C20H24O5/c1-14-18(23-12-15-8-4-2-5-9-15)19(17(21)20(22)25-14)24-13-16-10-6-3-7-11-16/h2-11,14,17-22H,12-13H2,1H3/t14-,17+,18-,19-,20-/m1/s1. The molecule has 2 N–H and O–H groups in total. The molecular formula is C20H24O5. The zero-order chi connectivity index (χ0) is 17.6. The van der Waals surface area contributed by atoms with Crippen LogP contribution in [0.2, 0.25) is 0 Å². The highest BCUT2D eigenvalue weighted by Gasteiger charge is 2.44. The van der Waals surface area contributed by atoms with Gasteiger partial charge in [0.15, 0.2) is 6.29 Å². The predicted octanol–water partition coefficient (Wildman–Crippen LogP) is 2.26. The number of benzene rings is 2. The maximum Gasteiger partial charge on any atom is 0.183 e. The molecule has 0 aromatic heterocycles. The highest BCUT2D eigenvalue weighted by molar-refractivity contribution is 5.14. The lowest BCUT2D eigenvalue weighted by Gasteiger charge is -2.41. The van der Waals surface area contributed by atoms with E-state index in [-0.39, 0.29) is 0 Å². The molecule has 3 rings (SSSR count). The molecule has 134 valence electrons. The number of ether oxygens (including phenoxy) is 3. The van der Waals surface area contributed by atoms with Crippen molar-refractivity contribution in [2.24, 2.45) is 0 Å². The lowest BCUT2D eigenvalue weighted by molar-refractivity contribution is -0.297. The van der Waals surface area contributed by atoms with E-state index >= 15 is 0 Å². The molecule has 0 bridgehead atoms. The molecule has 2 aromatic rings. The van der Waals surface area contributed by atoms with E-state index in [1.165, 1.54) is 0 Å². The Hall–Kier alpha value is -1.76. The van der Waals surface area contributed by atoms with Crippen LogP contribution in [-0.4, -0.2) is 40.9 Å².